The van der Waals surface area contributed by atoms with Crippen molar-refractivity contribution >= 4 is 24.4 Å². The molecule has 0 spiro atoms. The molecule has 0 aliphatic carbocycles. The van der Waals surface area contributed by atoms with Crippen LogP contribution < -0.4 is 9.47 Å². The lowest BCUT2D eigenvalue weighted by Gasteiger charge is -2.08. The van der Waals surface area contributed by atoms with Crippen LogP contribution in [0.25, 0.3) is 0 Å². The van der Waals surface area contributed by atoms with E-state index in [-0.39, 0.29) is 0 Å². The summed E-state index contributed by atoms with van der Waals surface area (Å²) in [5.41, 5.74) is 0. The van der Waals surface area contributed by atoms with Crippen LogP contribution in [0.5, 0.6) is 11.5 Å². The van der Waals surface area contributed by atoms with Gasteiger partial charge in [0.15, 0.2) is 11.5 Å². The molecule has 0 amide bonds. The van der Waals surface area contributed by atoms with Gasteiger partial charge in [-0.3, -0.25) is 0 Å². The minimum atomic E-state index is 0.748. The van der Waals surface area contributed by atoms with Crippen molar-refractivity contribution < 1.29 is 9.47 Å². The molecule has 2 rings (SSSR count). The van der Waals surface area contributed by atoms with Crippen LogP contribution in [0.3, 0.4) is 0 Å². The third-order valence-electron chi connectivity index (χ3n) is 2.29. The zero-order chi connectivity index (χ0) is 11.2. The van der Waals surface area contributed by atoms with Crippen LogP contribution in [-0.2, 0) is 0 Å². The average Bonchev–Trinajstić information content (AvgIpc) is 2.54. The third-order valence-corrected chi connectivity index (χ3v) is 3.69. The Bertz CT molecular complexity index is 342. The quantitative estimate of drug-likeness (QED) is 0.507. The minimum Gasteiger partial charge on any atom is -0.490 e. The van der Waals surface area contributed by atoms with Gasteiger partial charge in [-0.25, -0.2) is 0 Å². The molecule has 0 atom stereocenters. The number of benzene rings is 1. The smallest absolute Gasteiger partial charge is 0.162 e. The van der Waals surface area contributed by atoms with E-state index in [2.05, 4.69) is 24.8 Å². The highest BCUT2D eigenvalue weighted by Crippen LogP contribution is 2.33. The molecule has 1 aromatic rings. The van der Waals surface area contributed by atoms with Crippen molar-refractivity contribution in [3.05, 3.63) is 18.2 Å². The van der Waals surface area contributed by atoms with Gasteiger partial charge in [-0.2, -0.15) is 12.6 Å². The van der Waals surface area contributed by atoms with Crippen LogP contribution in [0.4, 0.5) is 0 Å². The average molecular weight is 256 g/mol. The molecule has 1 heterocycles. The van der Waals surface area contributed by atoms with Crippen molar-refractivity contribution in [3.63, 3.8) is 0 Å². The molecule has 16 heavy (non-hydrogen) atoms. The molecule has 0 fully saturated rings. The second kappa shape index (κ2) is 6.30. The fourth-order valence-corrected chi connectivity index (χ4v) is 2.74. The Hall–Kier alpha value is -0.480. The third kappa shape index (κ3) is 3.25. The molecule has 0 aromatic heterocycles. The van der Waals surface area contributed by atoms with E-state index in [1.165, 1.54) is 4.90 Å². The topological polar surface area (TPSA) is 18.5 Å². The van der Waals surface area contributed by atoms with Crippen LogP contribution in [0, 0.1) is 0 Å². The SMILES string of the molecule is SCCCSc1ccc2c(c1)OCCCO2. The van der Waals surface area contributed by atoms with E-state index in [0.29, 0.717) is 0 Å². The van der Waals surface area contributed by atoms with Crippen LogP contribution in [0.2, 0.25) is 0 Å². The van der Waals surface area contributed by atoms with Crippen molar-refractivity contribution in [1.29, 1.82) is 0 Å². The Kier molecular flexibility index (Phi) is 4.72. The number of ether oxygens (including phenoxy) is 2. The van der Waals surface area contributed by atoms with E-state index in [1.54, 1.807) is 0 Å². The summed E-state index contributed by atoms with van der Waals surface area (Å²) in [5, 5.41) is 0. The summed E-state index contributed by atoms with van der Waals surface area (Å²) in [7, 11) is 0. The molecule has 0 unspecified atom stereocenters. The molecule has 1 aliphatic heterocycles. The minimum absolute atomic E-state index is 0.748. The molecule has 0 radical (unpaired) electrons. The Labute approximate surface area is 106 Å². The van der Waals surface area contributed by atoms with E-state index < -0.39 is 0 Å². The van der Waals surface area contributed by atoms with E-state index in [1.807, 2.05) is 17.8 Å². The molecular weight excluding hydrogens is 240 g/mol. The standard InChI is InChI=1S/C12H16O2S2/c15-7-2-8-16-10-3-4-11-12(9-10)14-6-1-5-13-11/h3-4,9,15H,1-2,5-8H2. The van der Waals surface area contributed by atoms with Crippen LogP contribution in [-0.4, -0.2) is 24.7 Å². The summed E-state index contributed by atoms with van der Waals surface area (Å²) in [6.07, 6.45) is 2.08. The number of hydrogen-bond donors (Lipinski definition) is 1. The fraction of sp³-hybridized carbons (Fsp3) is 0.500. The molecule has 1 aliphatic rings. The van der Waals surface area contributed by atoms with Crippen molar-refractivity contribution in [1.82, 2.24) is 0 Å². The second-order valence-corrected chi connectivity index (χ2v) is 5.20. The maximum atomic E-state index is 5.64. The second-order valence-electron chi connectivity index (χ2n) is 3.58. The lowest BCUT2D eigenvalue weighted by Crippen LogP contribution is -1.97. The van der Waals surface area contributed by atoms with Crippen LogP contribution in [0.1, 0.15) is 12.8 Å². The van der Waals surface area contributed by atoms with Crippen molar-refractivity contribution in [2.75, 3.05) is 24.7 Å². The Morgan fingerprint density at radius 3 is 2.81 bits per heavy atom. The highest BCUT2D eigenvalue weighted by molar-refractivity contribution is 7.99. The van der Waals surface area contributed by atoms with Gasteiger partial charge >= 0.3 is 0 Å². The lowest BCUT2D eigenvalue weighted by atomic mass is 10.3. The zero-order valence-electron chi connectivity index (χ0n) is 9.15. The first-order valence-corrected chi connectivity index (χ1v) is 7.15. The zero-order valence-corrected chi connectivity index (χ0v) is 10.9. The van der Waals surface area contributed by atoms with E-state index in [4.69, 9.17) is 9.47 Å². The van der Waals surface area contributed by atoms with Gasteiger partial charge in [-0.1, -0.05) is 0 Å². The molecule has 0 N–H and O–H groups in total. The predicted octanol–water partition coefficient (Wildman–Crippen LogP) is 3.26. The molecule has 1 aromatic carbocycles. The number of fused-ring (bicyclic) bond motifs is 1. The molecular formula is C12H16O2S2. The summed E-state index contributed by atoms with van der Waals surface area (Å²) in [4.78, 5) is 1.24. The molecule has 0 saturated carbocycles. The summed E-state index contributed by atoms with van der Waals surface area (Å²) < 4.78 is 11.2. The fourth-order valence-electron chi connectivity index (χ4n) is 1.49. The van der Waals surface area contributed by atoms with Crippen molar-refractivity contribution in [3.8, 4) is 11.5 Å². The van der Waals surface area contributed by atoms with E-state index in [9.17, 15) is 0 Å². The molecule has 0 saturated heterocycles. The summed E-state index contributed by atoms with van der Waals surface area (Å²) in [6, 6.07) is 6.17. The number of hydrogen-bond acceptors (Lipinski definition) is 4. The van der Waals surface area contributed by atoms with Gasteiger partial charge in [0.1, 0.15) is 0 Å². The molecule has 0 bridgehead atoms. The Morgan fingerprint density at radius 2 is 2.00 bits per heavy atom. The van der Waals surface area contributed by atoms with Gasteiger partial charge in [0, 0.05) is 11.3 Å². The van der Waals surface area contributed by atoms with Gasteiger partial charge in [0.25, 0.3) is 0 Å². The summed E-state index contributed by atoms with van der Waals surface area (Å²) in [5.74, 6) is 3.80. The van der Waals surface area contributed by atoms with Gasteiger partial charge in [0.05, 0.1) is 13.2 Å². The highest BCUT2D eigenvalue weighted by atomic mass is 32.2. The largest absolute Gasteiger partial charge is 0.490 e. The van der Waals surface area contributed by atoms with E-state index in [0.717, 1.165) is 49.1 Å². The van der Waals surface area contributed by atoms with Crippen molar-refractivity contribution in [2.24, 2.45) is 0 Å². The summed E-state index contributed by atoms with van der Waals surface area (Å²) in [6.45, 7) is 1.50. The Morgan fingerprint density at radius 1 is 1.19 bits per heavy atom. The number of thioether (sulfide) groups is 1. The van der Waals surface area contributed by atoms with E-state index >= 15 is 0 Å². The molecule has 2 nitrogen and oxygen atoms in total. The highest BCUT2D eigenvalue weighted by Gasteiger charge is 2.10. The first kappa shape index (κ1) is 12.0. The lowest BCUT2D eigenvalue weighted by molar-refractivity contribution is 0.297. The van der Waals surface area contributed by atoms with Crippen LogP contribution in [0.15, 0.2) is 23.1 Å². The number of thiol groups is 1. The number of rotatable bonds is 4. The summed E-state index contributed by atoms with van der Waals surface area (Å²) >= 11 is 6.04. The molecule has 4 heteroatoms. The van der Waals surface area contributed by atoms with Crippen molar-refractivity contribution in [2.45, 2.75) is 17.7 Å². The van der Waals surface area contributed by atoms with Crippen LogP contribution >= 0.6 is 24.4 Å². The first-order chi connectivity index (χ1) is 7.90. The normalized spacial score (nSPS) is 14.6. The maximum Gasteiger partial charge on any atom is 0.162 e. The predicted molar refractivity (Wildman–Crippen MR) is 71.2 cm³/mol. The Balaban J connectivity index is 2.02. The molecule has 88 valence electrons. The van der Waals surface area contributed by atoms with Gasteiger partial charge in [0.2, 0.25) is 0 Å². The first-order valence-electron chi connectivity index (χ1n) is 5.53. The van der Waals surface area contributed by atoms with Gasteiger partial charge < -0.3 is 9.47 Å². The monoisotopic (exact) mass is 256 g/mol. The van der Waals surface area contributed by atoms with Gasteiger partial charge in [-0.05, 0) is 36.1 Å². The maximum absolute atomic E-state index is 5.64. The van der Waals surface area contributed by atoms with Gasteiger partial charge in [-0.15, -0.1) is 11.8 Å².